The highest BCUT2D eigenvalue weighted by molar-refractivity contribution is 7.09. The van der Waals surface area contributed by atoms with Crippen LogP contribution in [0.25, 0.3) is 0 Å². The van der Waals surface area contributed by atoms with E-state index in [0.29, 0.717) is 12.5 Å². The summed E-state index contributed by atoms with van der Waals surface area (Å²) in [5.41, 5.74) is 5.87. The lowest BCUT2D eigenvalue weighted by Gasteiger charge is -2.40. The zero-order chi connectivity index (χ0) is 13.8. The highest BCUT2D eigenvalue weighted by atomic mass is 35.5. The molecule has 0 aromatic carbocycles. The van der Waals surface area contributed by atoms with Crippen LogP contribution >= 0.6 is 23.7 Å². The van der Waals surface area contributed by atoms with Gasteiger partial charge in [-0.2, -0.15) is 0 Å². The second kappa shape index (κ2) is 8.01. The zero-order valence-electron chi connectivity index (χ0n) is 12.2. The molecule has 20 heavy (non-hydrogen) atoms. The van der Waals surface area contributed by atoms with Gasteiger partial charge in [-0.05, 0) is 36.6 Å². The van der Waals surface area contributed by atoms with Crippen molar-refractivity contribution in [2.45, 2.75) is 39.2 Å². The molecule has 1 aliphatic heterocycles. The highest BCUT2D eigenvalue weighted by Gasteiger charge is 2.32. The van der Waals surface area contributed by atoms with E-state index in [1.807, 2.05) is 17.9 Å². The lowest BCUT2D eigenvalue weighted by atomic mass is 9.89. The number of hydrogen-bond acceptors (Lipinski definition) is 3. The van der Waals surface area contributed by atoms with Crippen molar-refractivity contribution >= 4 is 29.7 Å². The number of rotatable bonds is 4. The molecule has 0 spiro atoms. The zero-order valence-corrected chi connectivity index (χ0v) is 13.9. The lowest BCUT2D eigenvalue weighted by molar-refractivity contribution is -0.139. The van der Waals surface area contributed by atoms with Crippen molar-refractivity contribution < 1.29 is 4.79 Å². The molecule has 0 radical (unpaired) electrons. The Morgan fingerprint density at radius 2 is 2.35 bits per heavy atom. The van der Waals surface area contributed by atoms with E-state index in [9.17, 15) is 4.79 Å². The largest absolute Gasteiger partial charge is 0.338 e. The van der Waals surface area contributed by atoms with Crippen molar-refractivity contribution in [2.24, 2.45) is 17.6 Å². The third-order valence-electron chi connectivity index (χ3n) is 4.15. The molecule has 2 N–H and O–H groups in total. The Morgan fingerprint density at radius 1 is 1.60 bits per heavy atom. The number of thiophene rings is 1. The highest BCUT2D eigenvalue weighted by Crippen LogP contribution is 2.25. The van der Waals surface area contributed by atoms with E-state index in [1.165, 1.54) is 11.3 Å². The fourth-order valence-corrected chi connectivity index (χ4v) is 3.82. The monoisotopic (exact) mass is 316 g/mol. The van der Waals surface area contributed by atoms with E-state index in [-0.39, 0.29) is 30.3 Å². The van der Waals surface area contributed by atoms with Gasteiger partial charge in [0.2, 0.25) is 5.91 Å². The van der Waals surface area contributed by atoms with Crippen LogP contribution in [0.2, 0.25) is 0 Å². The van der Waals surface area contributed by atoms with Crippen LogP contribution in [0.5, 0.6) is 0 Å². The number of carbonyl (C=O) groups is 1. The fourth-order valence-electron chi connectivity index (χ4n) is 2.98. The van der Waals surface area contributed by atoms with Crippen LogP contribution in [0.4, 0.5) is 0 Å². The van der Waals surface area contributed by atoms with E-state index in [1.54, 1.807) is 11.3 Å². The number of hydrogen-bond donors (Lipinski definition) is 1. The first kappa shape index (κ1) is 17.5. The summed E-state index contributed by atoms with van der Waals surface area (Å²) >= 11 is 1.73. The van der Waals surface area contributed by atoms with E-state index in [2.05, 4.69) is 18.4 Å². The summed E-state index contributed by atoms with van der Waals surface area (Å²) in [5.74, 6) is 0.852. The number of halogens is 1. The molecule has 2 rings (SSSR count). The van der Waals surface area contributed by atoms with Crippen LogP contribution in [0.15, 0.2) is 17.5 Å². The number of amides is 1. The van der Waals surface area contributed by atoms with Crippen molar-refractivity contribution in [3.8, 4) is 0 Å². The topological polar surface area (TPSA) is 46.3 Å². The van der Waals surface area contributed by atoms with Gasteiger partial charge in [0.05, 0.1) is 0 Å². The Morgan fingerprint density at radius 3 is 2.95 bits per heavy atom. The molecule has 3 nitrogen and oxygen atoms in total. The second-order valence-corrected chi connectivity index (χ2v) is 6.67. The van der Waals surface area contributed by atoms with Crippen molar-refractivity contribution in [3.05, 3.63) is 22.4 Å². The van der Waals surface area contributed by atoms with Gasteiger partial charge >= 0.3 is 0 Å². The number of nitrogens with zero attached hydrogens (tertiary/aromatic N) is 1. The first-order valence-electron chi connectivity index (χ1n) is 7.16. The molecule has 3 unspecified atom stereocenters. The maximum Gasteiger partial charge on any atom is 0.226 e. The summed E-state index contributed by atoms with van der Waals surface area (Å²) in [5, 5.41) is 2.07. The van der Waals surface area contributed by atoms with Crippen LogP contribution in [-0.2, 0) is 11.2 Å². The molecule has 1 aliphatic rings. The lowest BCUT2D eigenvalue weighted by Crippen LogP contribution is -2.53. The molecule has 114 valence electrons. The molecule has 1 aromatic heterocycles. The van der Waals surface area contributed by atoms with E-state index in [0.717, 1.165) is 19.4 Å². The summed E-state index contributed by atoms with van der Waals surface area (Å²) < 4.78 is 0. The minimum Gasteiger partial charge on any atom is -0.338 e. The van der Waals surface area contributed by atoms with Crippen molar-refractivity contribution in [1.82, 2.24) is 4.90 Å². The number of carbonyl (C=O) groups excluding carboxylic acids is 1. The predicted octanol–water partition coefficient (Wildman–Crippen LogP) is 2.93. The average molecular weight is 317 g/mol. The van der Waals surface area contributed by atoms with Gasteiger partial charge in [-0.1, -0.05) is 19.9 Å². The van der Waals surface area contributed by atoms with Gasteiger partial charge in [0.1, 0.15) is 0 Å². The molecule has 0 bridgehead atoms. The van der Waals surface area contributed by atoms with Crippen molar-refractivity contribution in [2.75, 3.05) is 13.1 Å². The average Bonchev–Trinajstić information content (AvgIpc) is 2.90. The van der Waals surface area contributed by atoms with E-state index < -0.39 is 0 Å². The third kappa shape index (κ3) is 3.96. The minimum atomic E-state index is 0. The third-order valence-corrected chi connectivity index (χ3v) is 5.05. The van der Waals surface area contributed by atoms with Crippen LogP contribution in [-0.4, -0.2) is 29.9 Å². The van der Waals surface area contributed by atoms with Gasteiger partial charge in [-0.15, -0.1) is 23.7 Å². The number of nitrogens with two attached hydrogens (primary N) is 1. The van der Waals surface area contributed by atoms with Gasteiger partial charge in [0.15, 0.2) is 0 Å². The molecule has 0 saturated carbocycles. The SMILES string of the molecule is CC(Cc1cccs1)C(=O)N1CCCC(C)C1CN.Cl. The van der Waals surface area contributed by atoms with Gasteiger partial charge in [-0.25, -0.2) is 0 Å². The van der Waals surface area contributed by atoms with E-state index in [4.69, 9.17) is 5.73 Å². The summed E-state index contributed by atoms with van der Waals surface area (Å²) in [6, 6.07) is 4.38. The van der Waals surface area contributed by atoms with Gasteiger partial charge < -0.3 is 10.6 Å². The van der Waals surface area contributed by atoms with Crippen molar-refractivity contribution in [1.29, 1.82) is 0 Å². The van der Waals surface area contributed by atoms with E-state index >= 15 is 0 Å². The Hall–Kier alpha value is -0.580. The number of piperidine rings is 1. The Balaban J connectivity index is 0.00000200. The van der Waals surface area contributed by atoms with Crippen LogP contribution < -0.4 is 5.73 Å². The first-order chi connectivity index (χ1) is 9.13. The Labute approximate surface area is 131 Å². The van der Waals surface area contributed by atoms with Gasteiger partial charge in [0.25, 0.3) is 0 Å². The second-order valence-electron chi connectivity index (χ2n) is 5.64. The van der Waals surface area contributed by atoms with Crippen LogP contribution in [0.3, 0.4) is 0 Å². The minimum absolute atomic E-state index is 0. The molecule has 0 aliphatic carbocycles. The Kier molecular flexibility index (Phi) is 7.00. The molecular formula is C15H25ClN2OS. The standard InChI is InChI=1S/C15H24N2OS.ClH/c1-11-5-3-7-17(14(11)10-16)15(18)12(2)9-13-6-4-8-19-13;/h4,6,8,11-12,14H,3,5,7,9-10,16H2,1-2H3;1H. The summed E-state index contributed by atoms with van der Waals surface area (Å²) in [6.45, 7) is 5.70. The summed E-state index contributed by atoms with van der Waals surface area (Å²) in [4.78, 5) is 15.9. The fraction of sp³-hybridized carbons (Fsp3) is 0.667. The molecule has 5 heteroatoms. The maximum atomic E-state index is 12.6. The summed E-state index contributed by atoms with van der Waals surface area (Å²) in [6.07, 6.45) is 3.14. The quantitative estimate of drug-likeness (QED) is 0.928. The normalized spacial score (nSPS) is 24.1. The molecular weight excluding hydrogens is 292 g/mol. The summed E-state index contributed by atoms with van der Waals surface area (Å²) in [7, 11) is 0. The predicted molar refractivity (Wildman–Crippen MR) is 87.4 cm³/mol. The van der Waals surface area contributed by atoms with Gasteiger partial charge in [0, 0.05) is 29.9 Å². The Bertz CT molecular complexity index is 410. The first-order valence-corrected chi connectivity index (χ1v) is 8.04. The van der Waals surface area contributed by atoms with Crippen LogP contribution in [0.1, 0.15) is 31.6 Å². The number of likely N-dealkylation sites (tertiary alicyclic amines) is 1. The van der Waals surface area contributed by atoms with Crippen LogP contribution in [0, 0.1) is 11.8 Å². The molecule has 1 fully saturated rings. The molecule has 2 heterocycles. The molecule has 1 amide bonds. The molecule has 1 saturated heterocycles. The molecule has 3 atom stereocenters. The maximum absolute atomic E-state index is 12.6. The molecule has 1 aromatic rings. The van der Waals surface area contributed by atoms with Gasteiger partial charge in [-0.3, -0.25) is 4.79 Å². The van der Waals surface area contributed by atoms with Crippen molar-refractivity contribution in [3.63, 3.8) is 0 Å². The smallest absolute Gasteiger partial charge is 0.226 e.